The van der Waals surface area contributed by atoms with Gasteiger partial charge >= 0.3 is 0 Å². The Morgan fingerprint density at radius 2 is 1.82 bits per heavy atom. The molecule has 9 nitrogen and oxygen atoms in total. The van der Waals surface area contributed by atoms with Crippen LogP contribution < -0.4 is 10.3 Å². The highest BCUT2D eigenvalue weighted by atomic mass is 16.6. The van der Waals surface area contributed by atoms with Crippen molar-refractivity contribution < 1.29 is 9.66 Å². The lowest BCUT2D eigenvalue weighted by atomic mass is 10.0. The zero-order valence-electron chi connectivity index (χ0n) is 18.3. The first kappa shape index (κ1) is 21.7. The number of nitro groups is 1. The second kappa shape index (κ2) is 8.91. The number of aryl methyl sites for hydroxylation is 1. The fourth-order valence-electron chi connectivity index (χ4n) is 3.45. The van der Waals surface area contributed by atoms with Crippen LogP contribution in [0.3, 0.4) is 0 Å². The highest BCUT2D eigenvalue weighted by molar-refractivity contribution is 6.04. The summed E-state index contributed by atoms with van der Waals surface area (Å²) in [7, 11) is 1.58. The quantitative estimate of drug-likeness (QED) is 0.266. The number of methoxy groups -OCH3 is 1. The van der Waals surface area contributed by atoms with Crippen LogP contribution in [-0.2, 0) is 0 Å². The van der Waals surface area contributed by atoms with Crippen molar-refractivity contribution in [3.63, 3.8) is 0 Å². The second-order valence-electron chi connectivity index (χ2n) is 7.35. The summed E-state index contributed by atoms with van der Waals surface area (Å²) in [5, 5.41) is 14.1. The molecule has 0 saturated carbocycles. The van der Waals surface area contributed by atoms with Crippen LogP contribution in [0, 0.1) is 17.0 Å². The van der Waals surface area contributed by atoms with Crippen LogP contribution in [-0.4, -0.2) is 32.5 Å². The monoisotopic (exact) mass is 443 g/mol. The molecule has 0 aliphatic carbocycles. The average Bonchev–Trinajstić information content (AvgIpc) is 3.17. The third-order valence-electron chi connectivity index (χ3n) is 5.21. The van der Waals surface area contributed by atoms with Gasteiger partial charge in [0.2, 0.25) is 0 Å². The van der Waals surface area contributed by atoms with Gasteiger partial charge in [0.1, 0.15) is 5.75 Å². The molecule has 0 spiro atoms. The number of aromatic amines is 1. The molecule has 2 aromatic carbocycles. The molecule has 2 heterocycles. The van der Waals surface area contributed by atoms with Gasteiger partial charge in [-0.2, -0.15) is 0 Å². The Morgan fingerprint density at radius 1 is 1.12 bits per heavy atom. The van der Waals surface area contributed by atoms with Crippen molar-refractivity contribution in [3.05, 3.63) is 98.5 Å². The number of aromatic nitrogens is 3. The first-order valence-corrected chi connectivity index (χ1v) is 10.1. The third-order valence-corrected chi connectivity index (χ3v) is 5.21. The van der Waals surface area contributed by atoms with Crippen LogP contribution >= 0.6 is 0 Å². The predicted octanol–water partition coefficient (Wildman–Crippen LogP) is 4.59. The standard InChI is InChI=1S/C24H21N5O4/c1-15-5-4-14-25-23(15)26-16(2)21-22(17-6-12-20(33-3)13-7-17)27-28(24(21)30)18-8-10-19(11-9-18)29(31)32/h4-14,27H,1-3H3. The van der Waals surface area contributed by atoms with E-state index in [1.54, 1.807) is 32.4 Å². The summed E-state index contributed by atoms with van der Waals surface area (Å²) in [5.41, 5.74) is 3.16. The lowest BCUT2D eigenvalue weighted by molar-refractivity contribution is -0.384. The number of nitrogens with zero attached hydrogens (tertiary/aromatic N) is 4. The molecule has 9 heteroatoms. The van der Waals surface area contributed by atoms with Crippen molar-refractivity contribution in [2.45, 2.75) is 13.8 Å². The van der Waals surface area contributed by atoms with E-state index in [0.29, 0.717) is 34.2 Å². The van der Waals surface area contributed by atoms with Crippen LogP contribution in [0.4, 0.5) is 11.5 Å². The molecule has 0 aliphatic heterocycles. The second-order valence-corrected chi connectivity index (χ2v) is 7.35. The minimum Gasteiger partial charge on any atom is -0.497 e. The van der Waals surface area contributed by atoms with Crippen molar-refractivity contribution in [1.29, 1.82) is 0 Å². The van der Waals surface area contributed by atoms with E-state index in [1.165, 1.54) is 28.9 Å². The minimum absolute atomic E-state index is 0.0580. The Kier molecular flexibility index (Phi) is 5.86. The summed E-state index contributed by atoms with van der Waals surface area (Å²) in [4.78, 5) is 32.9. The number of rotatable bonds is 6. The van der Waals surface area contributed by atoms with Gasteiger partial charge in [-0.25, -0.2) is 14.7 Å². The first-order chi connectivity index (χ1) is 15.9. The van der Waals surface area contributed by atoms with Crippen LogP contribution in [0.25, 0.3) is 16.9 Å². The Balaban J connectivity index is 1.90. The number of pyridine rings is 1. The molecule has 0 bridgehead atoms. The maximum atomic E-state index is 13.5. The van der Waals surface area contributed by atoms with E-state index < -0.39 is 4.92 Å². The Morgan fingerprint density at radius 3 is 2.42 bits per heavy atom. The normalized spacial score (nSPS) is 11.4. The third kappa shape index (κ3) is 4.29. The largest absolute Gasteiger partial charge is 0.497 e. The van der Waals surface area contributed by atoms with E-state index in [2.05, 4.69) is 15.1 Å². The zero-order valence-corrected chi connectivity index (χ0v) is 18.3. The Bertz CT molecular complexity index is 1400. The summed E-state index contributed by atoms with van der Waals surface area (Å²) < 4.78 is 6.59. The van der Waals surface area contributed by atoms with Crippen molar-refractivity contribution in [2.75, 3.05) is 7.11 Å². The highest BCUT2D eigenvalue weighted by Gasteiger charge is 2.20. The van der Waals surface area contributed by atoms with Crippen LogP contribution in [0.2, 0.25) is 0 Å². The molecule has 2 aromatic heterocycles. The number of nitrogens with one attached hydrogen (secondary N) is 1. The number of aliphatic imine (C=N–C) groups is 1. The van der Waals surface area contributed by atoms with E-state index in [4.69, 9.17) is 4.74 Å². The number of hydrogen-bond acceptors (Lipinski definition) is 6. The van der Waals surface area contributed by atoms with Crippen LogP contribution in [0.1, 0.15) is 18.1 Å². The molecule has 0 amide bonds. The van der Waals surface area contributed by atoms with Crippen molar-refractivity contribution in [2.24, 2.45) is 4.99 Å². The van der Waals surface area contributed by atoms with E-state index in [9.17, 15) is 14.9 Å². The molecule has 4 aromatic rings. The predicted molar refractivity (Wildman–Crippen MR) is 126 cm³/mol. The van der Waals surface area contributed by atoms with Gasteiger partial charge in [0.15, 0.2) is 5.82 Å². The smallest absolute Gasteiger partial charge is 0.280 e. The molecule has 166 valence electrons. The summed E-state index contributed by atoms with van der Waals surface area (Å²) in [6, 6.07) is 16.8. The number of nitro benzene ring substituents is 1. The van der Waals surface area contributed by atoms with Gasteiger partial charge < -0.3 is 4.74 Å². The summed E-state index contributed by atoms with van der Waals surface area (Å²) in [6.07, 6.45) is 1.65. The van der Waals surface area contributed by atoms with E-state index in [-0.39, 0.29) is 11.2 Å². The molecule has 33 heavy (non-hydrogen) atoms. The Labute approximate surface area is 189 Å². The molecule has 4 rings (SSSR count). The van der Waals surface area contributed by atoms with Crippen molar-refractivity contribution in [3.8, 4) is 22.7 Å². The Hall–Kier alpha value is -4.53. The highest BCUT2D eigenvalue weighted by Crippen LogP contribution is 2.26. The fraction of sp³-hybridized carbons (Fsp3) is 0.125. The number of benzene rings is 2. The van der Waals surface area contributed by atoms with E-state index in [0.717, 1.165) is 11.1 Å². The number of hydrogen-bond donors (Lipinski definition) is 1. The van der Waals surface area contributed by atoms with Gasteiger partial charge in [-0.15, -0.1) is 0 Å². The topological polar surface area (TPSA) is 115 Å². The van der Waals surface area contributed by atoms with Crippen LogP contribution in [0.5, 0.6) is 5.75 Å². The van der Waals surface area contributed by atoms with Crippen LogP contribution in [0.15, 0.2) is 76.6 Å². The minimum atomic E-state index is -0.485. The molecule has 0 saturated heterocycles. The van der Waals surface area contributed by atoms with Gasteiger partial charge in [0.05, 0.1) is 34.7 Å². The van der Waals surface area contributed by atoms with Gasteiger partial charge in [-0.05, 0) is 61.9 Å². The zero-order chi connectivity index (χ0) is 23.5. The molecule has 0 radical (unpaired) electrons. The summed E-state index contributed by atoms with van der Waals surface area (Å²) in [5.74, 6) is 1.21. The lowest BCUT2D eigenvalue weighted by Crippen LogP contribution is -2.19. The van der Waals surface area contributed by atoms with Crippen molar-refractivity contribution in [1.82, 2.24) is 14.8 Å². The molecule has 0 atom stereocenters. The van der Waals surface area contributed by atoms with Gasteiger partial charge in [-0.3, -0.25) is 20.0 Å². The summed E-state index contributed by atoms with van der Waals surface area (Å²) in [6.45, 7) is 3.65. The maximum absolute atomic E-state index is 13.5. The summed E-state index contributed by atoms with van der Waals surface area (Å²) >= 11 is 0. The maximum Gasteiger partial charge on any atom is 0.280 e. The number of non-ortho nitro benzene ring substituents is 1. The lowest BCUT2D eigenvalue weighted by Gasteiger charge is -2.05. The fourth-order valence-corrected chi connectivity index (χ4v) is 3.45. The molecule has 0 fully saturated rings. The SMILES string of the molecule is COc1ccc(-c2[nH]n(-c3ccc([N+](=O)[O-])cc3)c(=O)c2C(C)=Nc2ncccc2C)cc1. The van der Waals surface area contributed by atoms with E-state index in [1.807, 2.05) is 31.2 Å². The molecule has 0 aliphatic rings. The molecule has 0 unspecified atom stereocenters. The van der Waals surface area contributed by atoms with Crippen molar-refractivity contribution >= 4 is 17.2 Å². The van der Waals surface area contributed by atoms with Gasteiger partial charge in [0.25, 0.3) is 11.2 Å². The molecular weight excluding hydrogens is 422 g/mol. The molecule has 1 N–H and O–H groups in total. The molecular formula is C24H21N5O4. The number of ether oxygens (including phenoxy) is 1. The number of H-pyrrole nitrogens is 1. The van der Waals surface area contributed by atoms with Gasteiger partial charge in [0, 0.05) is 23.9 Å². The van der Waals surface area contributed by atoms with Gasteiger partial charge in [-0.1, -0.05) is 6.07 Å². The van der Waals surface area contributed by atoms with E-state index >= 15 is 0 Å². The first-order valence-electron chi connectivity index (χ1n) is 10.1. The average molecular weight is 443 g/mol.